The van der Waals surface area contributed by atoms with E-state index in [-0.39, 0.29) is 11.8 Å². The summed E-state index contributed by atoms with van der Waals surface area (Å²) in [7, 11) is 0. The Bertz CT molecular complexity index is 1700. The highest BCUT2D eigenvalue weighted by molar-refractivity contribution is 6.02. The van der Waals surface area contributed by atoms with Gasteiger partial charge in [0, 0.05) is 11.8 Å². The molecule has 0 heteroatoms. The summed E-state index contributed by atoms with van der Waals surface area (Å²) in [6.07, 6.45) is 14.5. The van der Waals surface area contributed by atoms with Gasteiger partial charge in [0.1, 0.15) is 0 Å². The zero-order valence-corrected chi connectivity index (χ0v) is 22.2. The summed E-state index contributed by atoms with van der Waals surface area (Å²) in [6, 6.07) is 43.6. The van der Waals surface area contributed by atoms with Crippen LogP contribution in [0.2, 0.25) is 0 Å². The molecule has 4 aliphatic rings. The van der Waals surface area contributed by atoms with E-state index in [1.807, 2.05) is 0 Å². The number of allylic oxidation sites excluding steroid dienone is 14. The van der Waals surface area contributed by atoms with Crippen LogP contribution in [0.1, 0.15) is 22.3 Å². The lowest BCUT2D eigenvalue weighted by atomic mass is 9.58. The summed E-state index contributed by atoms with van der Waals surface area (Å²) in [5.41, 5.74) is 16.1. The van der Waals surface area contributed by atoms with Crippen LogP contribution in [-0.4, -0.2) is 0 Å². The molecule has 4 aliphatic carbocycles. The smallest absolute Gasteiger partial charge is 0.0211 e. The van der Waals surface area contributed by atoms with Crippen LogP contribution in [0, 0.1) is 11.8 Å². The molecular weight excluding hydrogens is 480 g/mol. The summed E-state index contributed by atoms with van der Waals surface area (Å²) in [5, 5.41) is 0. The summed E-state index contributed by atoms with van der Waals surface area (Å²) >= 11 is 0. The Balaban J connectivity index is 1.43. The van der Waals surface area contributed by atoms with E-state index in [1.54, 1.807) is 0 Å². The maximum absolute atomic E-state index is 2.43. The monoisotopic (exact) mass is 508 g/mol. The molecule has 0 bridgehead atoms. The highest BCUT2D eigenvalue weighted by atomic mass is 14.5. The number of rotatable bonds is 4. The van der Waals surface area contributed by atoms with Gasteiger partial charge in [0.2, 0.25) is 0 Å². The summed E-state index contributed by atoms with van der Waals surface area (Å²) in [4.78, 5) is 0. The number of benzene rings is 4. The summed E-state index contributed by atoms with van der Waals surface area (Å²) in [5.74, 6) is 0.503. The fraction of sp³-hybridized carbons (Fsp3) is 0.0500. The Labute approximate surface area is 236 Å². The van der Waals surface area contributed by atoms with Crippen LogP contribution >= 0.6 is 0 Å². The van der Waals surface area contributed by atoms with E-state index in [2.05, 4.69) is 158 Å². The Morgan fingerprint density at radius 2 is 0.675 bits per heavy atom. The summed E-state index contributed by atoms with van der Waals surface area (Å²) in [6.45, 7) is 0. The normalized spacial score (nSPS) is 20.8. The first-order valence-corrected chi connectivity index (χ1v) is 14.1. The van der Waals surface area contributed by atoms with E-state index >= 15 is 0 Å². The third-order valence-electron chi connectivity index (χ3n) is 8.72. The molecule has 40 heavy (non-hydrogen) atoms. The van der Waals surface area contributed by atoms with Gasteiger partial charge in [-0.3, -0.25) is 0 Å². The van der Waals surface area contributed by atoms with E-state index in [1.165, 1.54) is 66.8 Å². The Morgan fingerprint density at radius 3 is 1.02 bits per heavy atom. The lowest BCUT2D eigenvalue weighted by Gasteiger charge is -2.45. The van der Waals surface area contributed by atoms with Crippen LogP contribution in [-0.2, 0) is 0 Å². The number of hydrogen-bond acceptors (Lipinski definition) is 0. The fourth-order valence-electron chi connectivity index (χ4n) is 6.95. The van der Waals surface area contributed by atoms with Crippen molar-refractivity contribution in [3.05, 3.63) is 202 Å². The first-order chi connectivity index (χ1) is 19.9. The molecule has 0 saturated heterocycles. The molecule has 188 valence electrons. The highest BCUT2D eigenvalue weighted by Gasteiger charge is 2.44. The molecule has 0 radical (unpaired) electrons. The number of hydrogen-bond donors (Lipinski definition) is 0. The van der Waals surface area contributed by atoms with Crippen molar-refractivity contribution in [1.82, 2.24) is 0 Å². The van der Waals surface area contributed by atoms with E-state index < -0.39 is 0 Å². The third-order valence-corrected chi connectivity index (χ3v) is 8.72. The predicted octanol–water partition coefficient (Wildman–Crippen LogP) is 9.76. The Kier molecular flexibility index (Phi) is 5.38. The van der Waals surface area contributed by atoms with Gasteiger partial charge in [0.25, 0.3) is 0 Å². The zero-order chi connectivity index (χ0) is 26.5. The molecule has 0 N–H and O–H groups in total. The van der Waals surface area contributed by atoms with Crippen LogP contribution in [0.25, 0.3) is 22.3 Å². The van der Waals surface area contributed by atoms with Gasteiger partial charge < -0.3 is 0 Å². The van der Waals surface area contributed by atoms with Crippen molar-refractivity contribution in [2.45, 2.75) is 0 Å². The average molecular weight is 509 g/mol. The molecule has 0 fully saturated rings. The zero-order valence-electron chi connectivity index (χ0n) is 22.2. The minimum absolute atomic E-state index is 0.251. The SMILES string of the molecule is C1=CC2=C(c3ccccc3)C=C(c3ccccc3)C3=CC=C4C(c5ccccc5)=CC(c5ccccc5)=C1C4C32. The molecule has 8 rings (SSSR count). The largest absolute Gasteiger partial charge is 0.0622 e. The fourth-order valence-corrected chi connectivity index (χ4v) is 6.95. The van der Waals surface area contributed by atoms with E-state index in [9.17, 15) is 0 Å². The van der Waals surface area contributed by atoms with Crippen molar-refractivity contribution in [3.8, 4) is 0 Å². The van der Waals surface area contributed by atoms with Crippen molar-refractivity contribution < 1.29 is 0 Å². The molecular formula is C40H28. The second kappa shape index (κ2) is 9.36. The van der Waals surface area contributed by atoms with Crippen molar-refractivity contribution >= 4 is 22.3 Å². The van der Waals surface area contributed by atoms with Gasteiger partial charge in [0.05, 0.1) is 0 Å². The Morgan fingerprint density at radius 1 is 0.350 bits per heavy atom. The highest BCUT2D eigenvalue weighted by Crippen LogP contribution is 2.58. The molecule has 4 aromatic carbocycles. The topological polar surface area (TPSA) is 0 Å². The molecule has 2 unspecified atom stereocenters. The molecule has 0 heterocycles. The van der Waals surface area contributed by atoms with Gasteiger partial charge in [-0.05, 0) is 79.0 Å². The van der Waals surface area contributed by atoms with E-state index in [0.29, 0.717) is 0 Å². The van der Waals surface area contributed by atoms with Gasteiger partial charge in [-0.1, -0.05) is 146 Å². The minimum atomic E-state index is 0.251. The molecule has 0 aromatic heterocycles. The van der Waals surface area contributed by atoms with Gasteiger partial charge >= 0.3 is 0 Å². The maximum atomic E-state index is 2.43. The molecule has 0 aliphatic heterocycles. The van der Waals surface area contributed by atoms with Crippen LogP contribution in [0.3, 0.4) is 0 Å². The molecule has 0 nitrogen and oxygen atoms in total. The lowest BCUT2D eigenvalue weighted by molar-refractivity contribution is 0.574. The Hall–Kier alpha value is -4.94. The molecule has 2 atom stereocenters. The average Bonchev–Trinajstić information content (AvgIpc) is 3.04. The van der Waals surface area contributed by atoms with Gasteiger partial charge in [-0.25, -0.2) is 0 Å². The summed E-state index contributed by atoms with van der Waals surface area (Å²) < 4.78 is 0. The second-order valence-corrected chi connectivity index (χ2v) is 10.9. The van der Waals surface area contributed by atoms with Gasteiger partial charge in [-0.15, -0.1) is 0 Å². The van der Waals surface area contributed by atoms with Gasteiger partial charge in [0.15, 0.2) is 0 Å². The van der Waals surface area contributed by atoms with Crippen molar-refractivity contribution in [3.63, 3.8) is 0 Å². The quantitative estimate of drug-likeness (QED) is 0.257. The van der Waals surface area contributed by atoms with Crippen molar-refractivity contribution in [2.24, 2.45) is 11.8 Å². The van der Waals surface area contributed by atoms with E-state index in [0.717, 1.165) is 0 Å². The van der Waals surface area contributed by atoms with Crippen LogP contribution in [0.4, 0.5) is 0 Å². The molecule has 0 amide bonds. The molecule has 0 spiro atoms. The first kappa shape index (κ1) is 23.0. The van der Waals surface area contributed by atoms with Crippen LogP contribution in [0.5, 0.6) is 0 Å². The minimum Gasteiger partial charge on any atom is -0.0622 e. The van der Waals surface area contributed by atoms with Crippen LogP contribution in [0.15, 0.2) is 180 Å². The molecule has 4 aromatic rings. The maximum Gasteiger partial charge on any atom is 0.0211 e. The van der Waals surface area contributed by atoms with Crippen LogP contribution < -0.4 is 0 Å². The van der Waals surface area contributed by atoms with E-state index in [4.69, 9.17) is 0 Å². The third kappa shape index (κ3) is 3.61. The lowest BCUT2D eigenvalue weighted by Crippen LogP contribution is -2.32. The molecule has 0 saturated carbocycles. The van der Waals surface area contributed by atoms with Crippen molar-refractivity contribution in [2.75, 3.05) is 0 Å². The second-order valence-electron chi connectivity index (χ2n) is 10.9. The van der Waals surface area contributed by atoms with Crippen molar-refractivity contribution in [1.29, 1.82) is 0 Å². The van der Waals surface area contributed by atoms with Gasteiger partial charge in [-0.2, -0.15) is 0 Å². The predicted molar refractivity (Wildman–Crippen MR) is 168 cm³/mol. The first-order valence-electron chi connectivity index (χ1n) is 14.1. The standard InChI is InChI=1S/C40H28/c1-5-13-27(14-6-1)35-25-36(28-15-7-2-8-16-28)32-23-24-34-38(30-19-11-4-12-20-30)26-37(29-17-9-3-10-18-29)33-22-21-31(35)39(32)40(33)34/h1-26,39-40H.